The molecule has 0 aromatic heterocycles. The monoisotopic (exact) mass is 419 g/mol. The molecule has 6 heteroatoms. The molecule has 0 aliphatic carbocycles. The number of carbonyl (C=O) groups is 2. The molecule has 0 amide bonds. The number of fused-ring (bicyclic) bond motifs is 1. The summed E-state index contributed by atoms with van der Waals surface area (Å²) in [5.41, 5.74) is 1.03. The van der Waals surface area contributed by atoms with Gasteiger partial charge in [-0.15, -0.1) is 0 Å². The Morgan fingerprint density at radius 3 is 2.32 bits per heavy atom. The van der Waals surface area contributed by atoms with Crippen LogP contribution in [0.5, 0.6) is 17.2 Å². The number of ether oxygens (including phenoxy) is 2. The van der Waals surface area contributed by atoms with Gasteiger partial charge in [0.15, 0.2) is 11.5 Å². The molecule has 1 aliphatic rings. The van der Waals surface area contributed by atoms with Crippen LogP contribution in [0.2, 0.25) is 0 Å². The number of nitrogens with zero attached hydrogens (tertiary/aromatic N) is 1. The minimum atomic E-state index is -0.494. The van der Waals surface area contributed by atoms with Gasteiger partial charge < -0.3 is 19.5 Å². The summed E-state index contributed by atoms with van der Waals surface area (Å²) in [5.74, 6) is -0.320. The maximum absolute atomic E-state index is 13.6. The van der Waals surface area contributed by atoms with Crippen molar-refractivity contribution in [2.45, 2.75) is 26.2 Å². The molecular formula is C25H25NO5. The normalized spacial score (nSPS) is 13.8. The van der Waals surface area contributed by atoms with Crippen LogP contribution in [0, 0.1) is 0 Å². The second-order valence-corrected chi connectivity index (χ2v) is 7.62. The molecule has 160 valence electrons. The van der Waals surface area contributed by atoms with Crippen LogP contribution in [0.4, 0.5) is 5.69 Å². The van der Waals surface area contributed by atoms with E-state index in [9.17, 15) is 14.7 Å². The van der Waals surface area contributed by atoms with Crippen LogP contribution in [0.15, 0.2) is 48.5 Å². The van der Waals surface area contributed by atoms with Crippen molar-refractivity contribution in [3.63, 3.8) is 0 Å². The summed E-state index contributed by atoms with van der Waals surface area (Å²) >= 11 is 0. The molecule has 1 fully saturated rings. The molecule has 3 aromatic rings. The van der Waals surface area contributed by atoms with Crippen molar-refractivity contribution in [1.82, 2.24) is 0 Å². The zero-order valence-corrected chi connectivity index (χ0v) is 17.7. The Labute approximate surface area is 181 Å². The van der Waals surface area contributed by atoms with Gasteiger partial charge in [0.25, 0.3) is 0 Å². The number of aromatic hydroxyl groups is 1. The Balaban J connectivity index is 2.10. The Kier molecular flexibility index (Phi) is 5.80. The fraction of sp³-hybridized carbons (Fsp3) is 0.280. The third-order valence-corrected chi connectivity index (χ3v) is 5.60. The lowest BCUT2D eigenvalue weighted by Crippen LogP contribution is -2.31. The molecule has 31 heavy (non-hydrogen) atoms. The fourth-order valence-electron chi connectivity index (χ4n) is 4.23. The molecule has 1 heterocycles. The van der Waals surface area contributed by atoms with Crippen molar-refractivity contribution in [3.8, 4) is 17.2 Å². The fourth-order valence-corrected chi connectivity index (χ4v) is 4.23. The minimum Gasteiger partial charge on any atom is -0.506 e. The molecule has 0 bridgehead atoms. The summed E-state index contributed by atoms with van der Waals surface area (Å²) in [4.78, 5) is 27.7. The van der Waals surface area contributed by atoms with E-state index in [2.05, 4.69) is 0 Å². The standard InChI is InChI=1S/C25H25NO5/c1-16(27)31-25-18-12-9-13-19(30-2)20(18)24(29)21(22(25)26-14-7-4-8-15-26)23(28)17-10-5-3-6-11-17/h3,5-6,9-13,29H,4,7-8,14-15H2,1-2H3. The molecule has 0 spiro atoms. The number of hydrogen-bond acceptors (Lipinski definition) is 6. The zero-order chi connectivity index (χ0) is 22.0. The highest BCUT2D eigenvalue weighted by Gasteiger charge is 2.31. The van der Waals surface area contributed by atoms with Crippen LogP contribution in [0.1, 0.15) is 42.1 Å². The smallest absolute Gasteiger partial charge is 0.308 e. The molecule has 0 radical (unpaired) electrons. The first-order valence-electron chi connectivity index (χ1n) is 10.4. The lowest BCUT2D eigenvalue weighted by Gasteiger charge is -2.32. The van der Waals surface area contributed by atoms with E-state index in [4.69, 9.17) is 9.47 Å². The van der Waals surface area contributed by atoms with Gasteiger partial charge in [-0.25, -0.2) is 0 Å². The first-order chi connectivity index (χ1) is 15.0. The van der Waals surface area contributed by atoms with Crippen LogP contribution in [-0.4, -0.2) is 37.1 Å². The molecule has 1 aliphatic heterocycles. The number of ketones is 1. The largest absolute Gasteiger partial charge is 0.506 e. The molecular weight excluding hydrogens is 394 g/mol. The van der Waals surface area contributed by atoms with Crippen molar-refractivity contribution in [3.05, 3.63) is 59.7 Å². The van der Waals surface area contributed by atoms with Gasteiger partial charge in [-0.3, -0.25) is 9.59 Å². The van der Waals surface area contributed by atoms with E-state index in [1.165, 1.54) is 14.0 Å². The molecule has 0 unspecified atom stereocenters. The van der Waals surface area contributed by atoms with Crippen LogP contribution < -0.4 is 14.4 Å². The average molecular weight is 419 g/mol. The molecule has 4 rings (SSSR count). The quantitative estimate of drug-likeness (QED) is 0.367. The summed E-state index contributed by atoms with van der Waals surface area (Å²) in [5, 5.41) is 12.3. The van der Waals surface area contributed by atoms with Gasteiger partial charge in [-0.2, -0.15) is 0 Å². The lowest BCUT2D eigenvalue weighted by molar-refractivity contribution is -0.131. The summed E-state index contributed by atoms with van der Waals surface area (Å²) in [6.45, 7) is 2.74. The van der Waals surface area contributed by atoms with Gasteiger partial charge in [0.1, 0.15) is 11.5 Å². The van der Waals surface area contributed by atoms with Crippen LogP contribution in [0.25, 0.3) is 10.8 Å². The van der Waals surface area contributed by atoms with E-state index in [0.29, 0.717) is 40.9 Å². The predicted molar refractivity (Wildman–Crippen MR) is 119 cm³/mol. The topological polar surface area (TPSA) is 76.1 Å². The van der Waals surface area contributed by atoms with Gasteiger partial charge in [-0.05, 0) is 25.3 Å². The Hall–Kier alpha value is -3.54. The highest BCUT2D eigenvalue weighted by molar-refractivity contribution is 6.20. The van der Waals surface area contributed by atoms with E-state index in [1.807, 2.05) is 11.0 Å². The average Bonchev–Trinajstić information content (AvgIpc) is 2.80. The van der Waals surface area contributed by atoms with Crippen molar-refractivity contribution in [1.29, 1.82) is 0 Å². The number of anilines is 1. The van der Waals surface area contributed by atoms with Crippen LogP contribution >= 0.6 is 0 Å². The van der Waals surface area contributed by atoms with E-state index < -0.39 is 5.97 Å². The molecule has 0 saturated carbocycles. The number of benzene rings is 3. The molecule has 3 aromatic carbocycles. The van der Waals surface area contributed by atoms with Crippen LogP contribution in [-0.2, 0) is 4.79 Å². The Morgan fingerprint density at radius 2 is 1.68 bits per heavy atom. The highest BCUT2D eigenvalue weighted by atomic mass is 16.5. The molecule has 0 atom stereocenters. The van der Waals surface area contributed by atoms with Crippen LogP contribution in [0.3, 0.4) is 0 Å². The molecule has 1 saturated heterocycles. The summed E-state index contributed by atoms with van der Waals surface area (Å²) in [6.07, 6.45) is 3.00. The maximum atomic E-state index is 13.6. The molecule has 1 N–H and O–H groups in total. The lowest BCUT2D eigenvalue weighted by atomic mass is 9.93. The number of hydrogen-bond donors (Lipinski definition) is 1. The van der Waals surface area contributed by atoms with E-state index in [-0.39, 0.29) is 22.8 Å². The summed E-state index contributed by atoms with van der Waals surface area (Å²) < 4.78 is 11.2. The van der Waals surface area contributed by atoms with Gasteiger partial charge in [0.2, 0.25) is 0 Å². The second-order valence-electron chi connectivity index (χ2n) is 7.62. The zero-order valence-electron chi connectivity index (χ0n) is 17.7. The maximum Gasteiger partial charge on any atom is 0.308 e. The number of rotatable bonds is 5. The Bertz CT molecular complexity index is 1130. The summed E-state index contributed by atoms with van der Waals surface area (Å²) in [7, 11) is 1.50. The van der Waals surface area contributed by atoms with Crippen molar-refractivity contribution in [2.75, 3.05) is 25.1 Å². The number of esters is 1. The summed E-state index contributed by atoms with van der Waals surface area (Å²) in [6, 6.07) is 14.0. The number of piperidine rings is 1. The third-order valence-electron chi connectivity index (χ3n) is 5.60. The van der Waals surface area contributed by atoms with Crippen molar-refractivity contribution in [2.24, 2.45) is 0 Å². The van der Waals surface area contributed by atoms with Crippen molar-refractivity contribution < 1.29 is 24.2 Å². The molecule has 6 nitrogen and oxygen atoms in total. The number of methoxy groups -OCH3 is 1. The third kappa shape index (κ3) is 3.81. The highest BCUT2D eigenvalue weighted by Crippen LogP contribution is 2.49. The first-order valence-corrected chi connectivity index (χ1v) is 10.4. The number of carbonyl (C=O) groups excluding carboxylic acids is 2. The van der Waals surface area contributed by atoms with Gasteiger partial charge in [-0.1, -0.05) is 42.5 Å². The van der Waals surface area contributed by atoms with Gasteiger partial charge in [0, 0.05) is 31.0 Å². The van der Waals surface area contributed by atoms with Crippen molar-refractivity contribution >= 4 is 28.2 Å². The van der Waals surface area contributed by atoms with Gasteiger partial charge >= 0.3 is 5.97 Å². The Morgan fingerprint density at radius 1 is 0.968 bits per heavy atom. The minimum absolute atomic E-state index is 0.126. The van der Waals surface area contributed by atoms with E-state index >= 15 is 0 Å². The SMILES string of the molecule is COc1cccc2c(OC(C)=O)c(N3CCCCC3)c(C(=O)c3ccccc3)c(O)c12. The predicted octanol–water partition coefficient (Wildman–Crippen LogP) is 4.70. The van der Waals surface area contributed by atoms with Gasteiger partial charge in [0.05, 0.1) is 23.7 Å². The van der Waals surface area contributed by atoms with E-state index in [1.54, 1.807) is 42.5 Å². The number of phenolic OH excluding ortho intramolecular Hbond substituents is 1. The second kappa shape index (κ2) is 8.68. The number of phenols is 1. The first kappa shape index (κ1) is 20.7. The van der Waals surface area contributed by atoms with E-state index in [0.717, 1.165) is 19.3 Å².